The fourth-order valence-corrected chi connectivity index (χ4v) is 3.44. The molecule has 0 bridgehead atoms. The zero-order chi connectivity index (χ0) is 19.3. The molecule has 1 aliphatic rings. The fourth-order valence-electron chi connectivity index (χ4n) is 3.44. The molecule has 6 heteroatoms. The predicted octanol–water partition coefficient (Wildman–Crippen LogP) is 5.86. The van der Waals surface area contributed by atoms with Crippen molar-refractivity contribution in [1.82, 2.24) is 4.90 Å². The number of piperidine rings is 1. The van der Waals surface area contributed by atoms with Crippen LogP contribution in [0.4, 0.5) is 13.2 Å². The highest BCUT2D eigenvalue weighted by molar-refractivity contribution is 5.33. The maximum atomic E-state index is 12.8. The van der Waals surface area contributed by atoms with E-state index in [1.807, 2.05) is 26.0 Å². The first-order chi connectivity index (χ1) is 12.2. The van der Waals surface area contributed by atoms with Crippen LogP contribution in [0, 0.1) is 0 Å². The molecule has 0 N–H and O–H groups in total. The lowest BCUT2D eigenvalue weighted by Crippen LogP contribution is -2.33. The van der Waals surface area contributed by atoms with Crippen molar-refractivity contribution in [3.05, 3.63) is 58.9 Å². The molecule has 26 heavy (non-hydrogen) atoms. The third-order valence-electron chi connectivity index (χ3n) is 4.99. The Labute approximate surface area is 153 Å². The Balaban J connectivity index is 2.08. The third kappa shape index (κ3) is 5.19. The van der Waals surface area contributed by atoms with Crippen molar-refractivity contribution < 1.29 is 13.2 Å². The van der Waals surface area contributed by atoms with Gasteiger partial charge in [0.15, 0.2) is 0 Å². The van der Waals surface area contributed by atoms with Gasteiger partial charge in [-0.3, -0.25) is 0 Å². The zero-order valence-corrected chi connectivity index (χ0v) is 15.6. The minimum Gasteiger partial charge on any atom is -0.372 e. The molecule has 0 aromatic heterocycles. The highest BCUT2D eigenvalue weighted by Gasteiger charge is 2.31. The van der Waals surface area contributed by atoms with Crippen LogP contribution in [0.3, 0.4) is 0 Å². The van der Waals surface area contributed by atoms with Crippen LogP contribution in [0.2, 0.25) is 0 Å². The normalized spacial score (nSPS) is 17.5. The van der Waals surface area contributed by atoms with E-state index in [1.165, 1.54) is 0 Å². The second-order valence-electron chi connectivity index (χ2n) is 6.71. The van der Waals surface area contributed by atoms with E-state index in [9.17, 15) is 13.2 Å². The highest BCUT2D eigenvalue weighted by atomic mass is 19.4. The summed E-state index contributed by atoms with van der Waals surface area (Å²) in [7, 11) is 1.63. The monoisotopic (exact) mass is 365 g/mol. The molecule has 3 nitrogen and oxygen atoms in total. The van der Waals surface area contributed by atoms with Crippen LogP contribution in [0.1, 0.15) is 43.7 Å². The van der Waals surface area contributed by atoms with Crippen LogP contribution in [-0.4, -0.2) is 31.2 Å². The van der Waals surface area contributed by atoms with Crippen molar-refractivity contribution in [1.29, 1.82) is 0 Å². The van der Waals surface area contributed by atoms with E-state index < -0.39 is 12.6 Å². The Kier molecular flexibility index (Phi) is 6.62. The number of azo groups is 1. The first-order valence-electron chi connectivity index (χ1n) is 8.79. The minimum atomic E-state index is -4.18. The summed E-state index contributed by atoms with van der Waals surface area (Å²) >= 11 is 0. The summed E-state index contributed by atoms with van der Waals surface area (Å²) in [6.45, 7) is 9.58. The largest absolute Gasteiger partial charge is 0.393 e. The number of hydrogen-bond donors (Lipinski definition) is 0. The first kappa shape index (κ1) is 20.2. The van der Waals surface area contributed by atoms with E-state index in [0.29, 0.717) is 5.56 Å². The van der Waals surface area contributed by atoms with E-state index in [1.54, 1.807) is 19.2 Å². The van der Waals surface area contributed by atoms with Crippen LogP contribution in [0.5, 0.6) is 0 Å². The molecule has 1 saturated heterocycles. The maximum Gasteiger partial charge on any atom is 0.393 e. The molecule has 0 amide bonds. The van der Waals surface area contributed by atoms with Gasteiger partial charge in [0.2, 0.25) is 0 Å². The van der Waals surface area contributed by atoms with Crippen LogP contribution < -0.4 is 0 Å². The fraction of sp³-hybridized carbons (Fsp3) is 0.500. The molecule has 1 heterocycles. The standard InChI is InChI=1S/C20H26F3N3/c1-14(15(2)25-24-4)16(3)26-11-9-17(10-12-26)19-8-6-5-7-18(19)13-20(21,22)23/h5-8,17H,3,9-13H2,1-2,4H3/b15-14+,25-24?. The molecule has 142 valence electrons. The SMILES string of the molecule is C=C(/C(C)=C(\C)N=NC)N1CCC(c2ccccc2CC(F)(F)F)CC1. The average molecular weight is 365 g/mol. The summed E-state index contributed by atoms with van der Waals surface area (Å²) in [6.07, 6.45) is -3.41. The summed E-state index contributed by atoms with van der Waals surface area (Å²) in [5, 5.41) is 7.85. The van der Waals surface area contributed by atoms with Crippen molar-refractivity contribution >= 4 is 0 Å². The number of allylic oxidation sites excluding steroid dienone is 2. The molecular weight excluding hydrogens is 339 g/mol. The van der Waals surface area contributed by atoms with E-state index in [0.717, 1.165) is 48.5 Å². The minimum absolute atomic E-state index is 0.151. The van der Waals surface area contributed by atoms with Gasteiger partial charge in [-0.1, -0.05) is 30.8 Å². The Bertz CT molecular complexity index is 696. The van der Waals surface area contributed by atoms with E-state index in [2.05, 4.69) is 21.7 Å². The Morgan fingerprint density at radius 2 is 1.81 bits per heavy atom. The number of halogens is 3. The summed E-state index contributed by atoms with van der Waals surface area (Å²) in [4.78, 5) is 2.19. The molecular formula is C20H26F3N3. The molecule has 1 aromatic carbocycles. The van der Waals surface area contributed by atoms with Crippen LogP contribution in [0.15, 0.2) is 58.0 Å². The van der Waals surface area contributed by atoms with Gasteiger partial charge in [0, 0.05) is 25.8 Å². The second kappa shape index (κ2) is 8.52. The molecule has 0 radical (unpaired) electrons. The number of benzene rings is 1. The van der Waals surface area contributed by atoms with E-state index >= 15 is 0 Å². The zero-order valence-electron chi connectivity index (χ0n) is 15.6. The highest BCUT2D eigenvalue weighted by Crippen LogP contribution is 2.34. The number of hydrogen-bond acceptors (Lipinski definition) is 3. The van der Waals surface area contributed by atoms with Crippen LogP contribution >= 0.6 is 0 Å². The molecule has 1 fully saturated rings. The molecule has 2 rings (SSSR count). The lowest BCUT2D eigenvalue weighted by atomic mass is 9.85. The van der Waals surface area contributed by atoms with Crippen molar-refractivity contribution in [2.24, 2.45) is 10.2 Å². The molecule has 0 atom stereocenters. The average Bonchev–Trinajstić information content (AvgIpc) is 2.60. The summed E-state index contributed by atoms with van der Waals surface area (Å²) < 4.78 is 38.5. The molecule has 0 unspecified atom stereocenters. The van der Waals surface area contributed by atoms with Crippen LogP contribution in [0.25, 0.3) is 0 Å². The Hall–Kier alpha value is -2.11. The van der Waals surface area contributed by atoms with Gasteiger partial charge < -0.3 is 4.90 Å². The number of likely N-dealkylation sites (tertiary alicyclic amines) is 1. The predicted molar refractivity (Wildman–Crippen MR) is 98.0 cm³/mol. The van der Waals surface area contributed by atoms with Gasteiger partial charge in [-0.25, -0.2) is 0 Å². The third-order valence-corrected chi connectivity index (χ3v) is 4.99. The van der Waals surface area contributed by atoms with Gasteiger partial charge in [-0.05, 0) is 49.3 Å². The number of rotatable bonds is 5. The van der Waals surface area contributed by atoms with Crippen LogP contribution in [-0.2, 0) is 6.42 Å². The second-order valence-corrected chi connectivity index (χ2v) is 6.71. The number of alkyl halides is 3. The van der Waals surface area contributed by atoms with E-state index in [-0.39, 0.29) is 5.92 Å². The number of nitrogens with zero attached hydrogens (tertiary/aromatic N) is 3. The van der Waals surface area contributed by atoms with Crippen molar-refractivity contribution in [2.75, 3.05) is 20.1 Å². The van der Waals surface area contributed by atoms with Gasteiger partial charge in [0.05, 0.1) is 12.1 Å². The van der Waals surface area contributed by atoms with Crippen molar-refractivity contribution in [2.45, 2.75) is 45.2 Å². The molecule has 1 aliphatic heterocycles. The smallest absolute Gasteiger partial charge is 0.372 e. The van der Waals surface area contributed by atoms with Gasteiger partial charge >= 0.3 is 6.18 Å². The molecule has 0 spiro atoms. The van der Waals surface area contributed by atoms with Gasteiger partial charge in [-0.15, -0.1) is 0 Å². The lowest BCUT2D eigenvalue weighted by Gasteiger charge is -2.36. The quantitative estimate of drug-likeness (QED) is 0.474. The van der Waals surface area contributed by atoms with Crippen molar-refractivity contribution in [3.63, 3.8) is 0 Å². The van der Waals surface area contributed by atoms with Crippen molar-refractivity contribution in [3.8, 4) is 0 Å². The summed E-state index contributed by atoms with van der Waals surface area (Å²) in [6, 6.07) is 6.94. The summed E-state index contributed by atoms with van der Waals surface area (Å²) in [5.74, 6) is 0.151. The Morgan fingerprint density at radius 1 is 1.19 bits per heavy atom. The summed E-state index contributed by atoms with van der Waals surface area (Å²) in [5.41, 5.74) is 3.96. The first-order valence-corrected chi connectivity index (χ1v) is 8.79. The lowest BCUT2D eigenvalue weighted by molar-refractivity contribution is -0.127. The van der Waals surface area contributed by atoms with Gasteiger partial charge in [0.25, 0.3) is 0 Å². The molecule has 0 saturated carbocycles. The molecule has 1 aromatic rings. The maximum absolute atomic E-state index is 12.8. The van der Waals surface area contributed by atoms with Gasteiger partial charge in [0.1, 0.15) is 0 Å². The topological polar surface area (TPSA) is 28.0 Å². The van der Waals surface area contributed by atoms with E-state index in [4.69, 9.17) is 0 Å². The van der Waals surface area contributed by atoms with Gasteiger partial charge in [-0.2, -0.15) is 23.4 Å². The Morgan fingerprint density at radius 3 is 2.38 bits per heavy atom. The molecule has 0 aliphatic carbocycles.